The lowest BCUT2D eigenvalue weighted by Gasteiger charge is -2.34. The van der Waals surface area contributed by atoms with Crippen LogP contribution in [-0.4, -0.2) is 34.7 Å². The average molecular weight is 249 g/mol. The molecule has 1 fully saturated rings. The summed E-state index contributed by atoms with van der Waals surface area (Å²) in [4.78, 5) is 24.1. The Kier molecular flexibility index (Phi) is 3.50. The van der Waals surface area contributed by atoms with E-state index in [-0.39, 0.29) is 6.04 Å². The number of hydrogen-bond donors (Lipinski definition) is 1. The summed E-state index contributed by atoms with van der Waals surface area (Å²) in [6, 6.07) is 9.46. The molecule has 1 aromatic rings. The number of amides is 1. The number of rotatable bonds is 3. The lowest BCUT2D eigenvalue weighted by Crippen LogP contribution is -2.45. The van der Waals surface area contributed by atoms with E-state index in [1.807, 2.05) is 37.3 Å². The number of hydrogen-bond acceptors (Lipinski definition) is 3. The van der Waals surface area contributed by atoms with Gasteiger partial charge in [-0.1, -0.05) is 30.3 Å². The number of benzene rings is 1. The van der Waals surface area contributed by atoms with Crippen LogP contribution < -0.4 is 0 Å². The summed E-state index contributed by atoms with van der Waals surface area (Å²) in [6.45, 7) is 2.30. The van der Waals surface area contributed by atoms with Crippen LogP contribution >= 0.6 is 0 Å². The molecule has 0 saturated carbocycles. The molecule has 18 heavy (non-hydrogen) atoms. The lowest BCUT2D eigenvalue weighted by atomic mass is 10.1. The van der Waals surface area contributed by atoms with E-state index < -0.39 is 18.2 Å². The molecule has 1 aromatic carbocycles. The maximum absolute atomic E-state index is 11.8. The first-order valence-corrected chi connectivity index (χ1v) is 5.84. The van der Waals surface area contributed by atoms with E-state index in [1.165, 1.54) is 0 Å². The smallest absolute Gasteiger partial charge is 0.411 e. The van der Waals surface area contributed by atoms with Crippen molar-refractivity contribution in [3.63, 3.8) is 0 Å². The van der Waals surface area contributed by atoms with E-state index in [1.54, 1.807) is 4.90 Å². The van der Waals surface area contributed by atoms with Crippen LogP contribution in [0.25, 0.3) is 0 Å². The molecule has 0 aliphatic carbocycles. The minimum Gasteiger partial charge on any atom is -0.479 e. The van der Waals surface area contributed by atoms with Gasteiger partial charge < -0.3 is 14.7 Å². The van der Waals surface area contributed by atoms with Crippen molar-refractivity contribution >= 4 is 12.1 Å². The Bertz CT molecular complexity index is 446. The molecule has 0 spiro atoms. The predicted molar refractivity (Wildman–Crippen MR) is 64.1 cm³/mol. The molecule has 0 bridgehead atoms. The van der Waals surface area contributed by atoms with Gasteiger partial charge in [-0.3, -0.25) is 0 Å². The monoisotopic (exact) mass is 249 g/mol. The Balaban J connectivity index is 2.07. The third-order valence-electron chi connectivity index (χ3n) is 3.13. The molecule has 2 unspecified atom stereocenters. The van der Waals surface area contributed by atoms with Gasteiger partial charge in [0, 0.05) is 13.0 Å². The molecule has 1 saturated heterocycles. The highest BCUT2D eigenvalue weighted by atomic mass is 16.6. The van der Waals surface area contributed by atoms with Gasteiger partial charge in [-0.2, -0.15) is 0 Å². The second-order valence-corrected chi connectivity index (χ2v) is 4.28. The first-order valence-electron chi connectivity index (χ1n) is 5.84. The second kappa shape index (κ2) is 5.08. The molecule has 1 aliphatic rings. The van der Waals surface area contributed by atoms with E-state index in [9.17, 15) is 9.59 Å². The van der Waals surface area contributed by atoms with Crippen LogP contribution in [0.5, 0.6) is 0 Å². The lowest BCUT2D eigenvalue weighted by molar-refractivity contribution is -0.150. The number of aliphatic carboxylic acids is 1. The van der Waals surface area contributed by atoms with Crippen molar-refractivity contribution in [3.8, 4) is 0 Å². The SMILES string of the molecule is CC(c1ccccc1)N1CCC(C(=O)O)OC1=O. The first-order chi connectivity index (χ1) is 8.59. The molecular formula is C13H15NO4. The van der Waals surface area contributed by atoms with Gasteiger partial charge >= 0.3 is 12.1 Å². The van der Waals surface area contributed by atoms with E-state index >= 15 is 0 Å². The van der Waals surface area contributed by atoms with Gasteiger partial charge in [0.25, 0.3) is 0 Å². The predicted octanol–water partition coefficient (Wildman–Crippen LogP) is 2.04. The van der Waals surface area contributed by atoms with Crippen molar-refractivity contribution in [1.29, 1.82) is 0 Å². The van der Waals surface area contributed by atoms with Crippen molar-refractivity contribution in [2.45, 2.75) is 25.5 Å². The van der Waals surface area contributed by atoms with Crippen LogP contribution in [-0.2, 0) is 9.53 Å². The molecule has 2 rings (SSSR count). The summed E-state index contributed by atoms with van der Waals surface area (Å²) < 4.78 is 4.89. The van der Waals surface area contributed by atoms with Gasteiger partial charge in [-0.15, -0.1) is 0 Å². The van der Waals surface area contributed by atoms with Gasteiger partial charge in [-0.25, -0.2) is 9.59 Å². The number of carbonyl (C=O) groups excluding carboxylic acids is 1. The summed E-state index contributed by atoms with van der Waals surface area (Å²) in [6.07, 6.45) is -1.26. The molecule has 0 aromatic heterocycles. The van der Waals surface area contributed by atoms with Crippen LogP contribution in [0.3, 0.4) is 0 Å². The number of nitrogens with zero attached hydrogens (tertiary/aromatic N) is 1. The highest BCUT2D eigenvalue weighted by Gasteiger charge is 2.34. The second-order valence-electron chi connectivity index (χ2n) is 4.28. The maximum Gasteiger partial charge on any atom is 0.411 e. The van der Waals surface area contributed by atoms with E-state index in [2.05, 4.69) is 0 Å². The fourth-order valence-corrected chi connectivity index (χ4v) is 2.03. The Hall–Kier alpha value is -2.04. The van der Waals surface area contributed by atoms with Gasteiger partial charge in [0.2, 0.25) is 6.10 Å². The minimum atomic E-state index is -1.09. The quantitative estimate of drug-likeness (QED) is 0.890. The minimum absolute atomic E-state index is 0.117. The highest BCUT2D eigenvalue weighted by Crippen LogP contribution is 2.24. The molecule has 0 radical (unpaired) electrons. The van der Waals surface area contributed by atoms with Crippen molar-refractivity contribution < 1.29 is 19.4 Å². The summed E-state index contributed by atoms with van der Waals surface area (Å²) in [5, 5.41) is 8.80. The highest BCUT2D eigenvalue weighted by molar-refractivity contribution is 5.78. The van der Waals surface area contributed by atoms with E-state index in [0.717, 1.165) is 5.56 Å². The number of carbonyl (C=O) groups is 2. The Labute approximate surface area is 105 Å². The zero-order valence-corrected chi connectivity index (χ0v) is 10.1. The van der Waals surface area contributed by atoms with E-state index in [4.69, 9.17) is 9.84 Å². The zero-order chi connectivity index (χ0) is 13.1. The van der Waals surface area contributed by atoms with Crippen LogP contribution in [0.15, 0.2) is 30.3 Å². The Morgan fingerprint density at radius 1 is 1.44 bits per heavy atom. The number of carboxylic acids is 1. The number of carboxylic acid groups (broad SMARTS) is 1. The normalized spacial score (nSPS) is 21.3. The number of cyclic esters (lactones) is 1. The van der Waals surface area contributed by atoms with Crippen molar-refractivity contribution in [3.05, 3.63) is 35.9 Å². The van der Waals surface area contributed by atoms with Crippen LogP contribution in [0.1, 0.15) is 24.9 Å². The Morgan fingerprint density at radius 3 is 2.67 bits per heavy atom. The van der Waals surface area contributed by atoms with Crippen molar-refractivity contribution in [1.82, 2.24) is 4.90 Å². The molecule has 1 amide bonds. The molecule has 1 N–H and O–H groups in total. The van der Waals surface area contributed by atoms with Crippen molar-refractivity contribution in [2.24, 2.45) is 0 Å². The molecule has 1 heterocycles. The molecule has 5 heteroatoms. The first kappa shape index (κ1) is 12.4. The zero-order valence-electron chi connectivity index (χ0n) is 10.1. The third-order valence-corrected chi connectivity index (χ3v) is 3.13. The molecular weight excluding hydrogens is 234 g/mol. The fraction of sp³-hybridized carbons (Fsp3) is 0.385. The van der Waals surface area contributed by atoms with Crippen LogP contribution in [0.4, 0.5) is 4.79 Å². The summed E-state index contributed by atoms with van der Waals surface area (Å²) in [5.41, 5.74) is 1.00. The van der Waals surface area contributed by atoms with Gasteiger partial charge in [0.05, 0.1) is 6.04 Å². The Morgan fingerprint density at radius 2 is 2.11 bits per heavy atom. The number of ether oxygens (including phenoxy) is 1. The van der Waals surface area contributed by atoms with Crippen molar-refractivity contribution in [2.75, 3.05) is 6.54 Å². The topological polar surface area (TPSA) is 66.8 Å². The maximum atomic E-state index is 11.8. The molecule has 96 valence electrons. The van der Waals surface area contributed by atoms with Gasteiger partial charge in [-0.05, 0) is 12.5 Å². The largest absolute Gasteiger partial charge is 0.479 e. The molecule has 5 nitrogen and oxygen atoms in total. The standard InChI is InChI=1S/C13H15NO4/c1-9(10-5-3-2-4-6-10)14-8-7-11(12(15)16)18-13(14)17/h2-6,9,11H,7-8H2,1H3,(H,15,16). The average Bonchev–Trinajstić information content (AvgIpc) is 2.38. The van der Waals surface area contributed by atoms with E-state index in [0.29, 0.717) is 13.0 Å². The van der Waals surface area contributed by atoms with Crippen LogP contribution in [0, 0.1) is 0 Å². The molecule has 1 aliphatic heterocycles. The van der Waals surface area contributed by atoms with Gasteiger partial charge in [0.15, 0.2) is 0 Å². The molecule has 2 atom stereocenters. The third kappa shape index (κ3) is 2.45. The summed E-state index contributed by atoms with van der Waals surface area (Å²) >= 11 is 0. The summed E-state index contributed by atoms with van der Waals surface area (Å²) in [5.74, 6) is -1.09. The van der Waals surface area contributed by atoms with Crippen LogP contribution in [0.2, 0.25) is 0 Å². The fourth-order valence-electron chi connectivity index (χ4n) is 2.03. The van der Waals surface area contributed by atoms with Gasteiger partial charge in [0.1, 0.15) is 0 Å². The summed E-state index contributed by atoms with van der Waals surface area (Å²) in [7, 11) is 0.